The van der Waals surface area contributed by atoms with E-state index in [1.54, 1.807) is 19.5 Å². The van der Waals surface area contributed by atoms with Gasteiger partial charge >= 0.3 is 0 Å². The van der Waals surface area contributed by atoms with E-state index < -0.39 is 0 Å². The van der Waals surface area contributed by atoms with Gasteiger partial charge in [0, 0.05) is 29.9 Å². The monoisotopic (exact) mass is 388 g/mol. The van der Waals surface area contributed by atoms with Crippen molar-refractivity contribution in [3.05, 3.63) is 89.9 Å². The summed E-state index contributed by atoms with van der Waals surface area (Å²) < 4.78 is 17.4. The molecule has 1 atom stereocenters. The van der Waals surface area contributed by atoms with Gasteiger partial charge in [-0.15, -0.1) is 0 Å². The first-order valence-corrected chi connectivity index (χ1v) is 9.63. The number of fused-ring (bicyclic) bond motifs is 1. The lowest BCUT2D eigenvalue weighted by molar-refractivity contribution is 0.283. The van der Waals surface area contributed by atoms with Crippen molar-refractivity contribution in [2.75, 3.05) is 7.11 Å². The molecule has 2 aromatic carbocycles. The fraction of sp³-hybridized carbons (Fsp3) is 0.208. The molecule has 5 nitrogen and oxygen atoms in total. The third kappa shape index (κ3) is 4.58. The van der Waals surface area contributed by atoms with Crippen molar-refractivity contribution in [1.29, 1.82) is 0 Å². The van der Waals surface area contributed by atoms with Gasteiger partial charge in [0.25, 0.3) is 0 Å². The molecule has 0 aliphatic rings. The van der Waals surface area contributed by atoms with Gasteiger partial charge in [-0.05, 0) is 42.8 Å². The molecule has 1 N–H and O–H groups in total. The largest absolute Gasteiger partial charge is 0.493 e. The van der Waals surface area contributed by atoms with Gasteiger partial charge in [0.05, 0.1) is 13.2 Å². The van der Waals surface area contributed by atoms with Crippen molar-refractivity contribution in [1.82, 2.24) is 10.3 Å². The van der Waals surface area contributed by atoms with Crippen LogP contribution >= 0.6 is 0 Å². The molecule has 0 saturated heterocycles. The van der Waals surface area contributed by atoms with Gasteiger partial charge in [-0.1, -0.05) is 30.3 Å². The van der Waals surface area contributed by atoms with Gasteiger partial charge in [0.2, 0.25) is 0 Å². The highest BCUT2D eigenvalue weighted by Crippen LogP contribution is 2.29. The standard InChI is InChI=1S/C24H24N2O3/c1-17(23-13-20-7-3-4-8-21(20)29-23)26-15-18-9-10-22(27-2)24(12-18)28-16-19-6-5-11-25-14-19/h3-14,17,26H,15-16H2,1-2H3/t17-/m0/s1. The van der Waals surface area contributed by atoms with Gasteiger partial charge in [0.1, 0.15) is 18.0 Å². The summed E-state index contributed by atoms with van der Waals surface area (Å²) in [4.78, 5) is 4.12. The minimum absolute atomic E-state index is 0.0873. The lowest BCUT2D eigenvalue weighted by Crippen LogP contribution is -2.17. The number of rotatable bonds is 8. The zero-order valence-electron chi connectivity index (χ0n) is 16.6. The van der Waals surface area contributed by atoms with Crippen LogP contribution in [0.5, 0.6) is 11.5 Å². The number of para-hydroxylation sites is 1. The quantitative estimate of drug-likeness (QED) is 0.446. The summed E-state index contributed by atoms with van der Waals surface area (Å²) in [6, 6.07) is 20.1. The average Bonchev–Trinajstić information content (AvgIpc) is 3.21. The van der Waals surface area contributed by atoms with Crippen LogP contribution in [0.4, 0.5) is 0 Å². The Labute approximate surface area is 170 Å². The maximum absolute atomic E-state index is 5.97. The minimum Gasteiger partial charge on any atom is -0.493 e. The lowest BCUT2D eigenvalue weighted by Gasteiger charge is -2.14. The number of pyridine rings is 1. The van der Waals surface area contributed by atoms with E-state index in [1.807, 2.05) is 48.5 Å². The summed E-state index contributed by atoms with van der Waals surface area (Å²) in [5, 5.41) is 4.63. The van der Waals surface area contributed by atoms with Gasteiger partial charge in [-0.3, -0.25) is 4.98 Å². The summed E-state index contributed by atoms with van der Waals surface area (Å²) in [5.74, 6) is 2.35. The zero-order valence-corrected chi connectivity index (χ0v) is 16.6. The number of ether oxygens (including phenoxy) is 2. The average molecular weight is 388 g/mol. The van der Waals surface area contributed by atoms with Crippen molar-refractivity contribution in [3.63, 3.8) is 0 Å². The van der Waals surface area contributed by atoms with Crippen LogP contribution < -0.4 is 14.8 Å². The Kier molecular flexibility index (Phi) is 5.77. The molecule has 0 saturated carbocycles. The molecule has 0 fully saturated rings. The van der Waals surface area contributed by atoms with Crippen LogP contribution in [-0.4, -0.2) is 12.1 Å². The summed E-state index contributed by atoms with van der Waals surface area (Å²) in [6.07, 6.45) is 3.55. The van der Waals surface area contributed by atoms with Crippen molar-refractivity contribution in [2.24, 2.45) is 0 Å². The predicted molar refractivity (Wildman–Crippen MR) is 113 cm³/mol. The van der Waals surface area contributed by atoms with Crippen LogP contribution in [0.3, 0.4) is 0 Å². The molecule has 0 aliphatic carbocycles. The highest BCUT2D eigenvalue weighted by atomic mass is 16.5. The first-order chi connectivity index (χ1) is 14.2. The van der Waals surface area contributed by atoms with Crippen LogP contribution in [0.15, 0.2) is 77.5 Å². The van der Waals surface area contributed by atoms with Crippen LogP contribution in [0.2, 0.25) is 0 Å². The summed E-state index contributed by atoms with van der Waals surface area (Å²) in [5.41, 5.74) is 3.03. The fourth-order valence-corrected chi connectivity index (χ4v) is 3.18. The number of methoxy groups -OCH3 is 1. The van der Waals surface area contributed by atoms with Crippen molar-refractivity contribution >= 4 is 11.0 Å². The zero-order chi connectivity index (χ0) is 20.1. The number of hydrogen-bond acceptors (Lipinski definition) is 5. The highest BCUT2D eigenvalue weighted by molar-refractivity contribution is 5.77. The first kappa shape index (κ1) is 19.0. The van der Waals surface area contributed by atoms with Crippen LogP contribution in [0.25, 0.3) is 11.0 Å². The topological polar surface area (TPSA) is 56.5 Å². The van der Waals surface area contributed by atoms with Crippen molar-refractivity contribution in [3.8, 4) is 11.5 Å². The molecule has 29 heavy (non-hydrogen) atoms. The second-order valence-corrected chi connectivity index (χ2v) is 6.92. The Hall–Kier alpha value is -3.31. The minimum atomic E-state index is 0.0873. The number of benzene rings is 2. The molecular weight excluding hydrogens is 364 g/mol. The molecule has 0 unspecified atom stereocenters. The van der Waals surface area contributed by atoms with E-state index in [9.17, 15) is 0 Å². The van der Waals surface area contributed by atoms with E-state index >= 15 is 0 Å². The molecule has 0 spiro atoms. The SMILES string of the molecule is COc1ccc(CN[C@@H](C)c2cc3ccccc3o2)cc1OCc1cccnc1. The molecule has 0 radical (unpaired) electrons. The second-order valence-electron chi connectivity index (χ2n) is 6.92. The van der Waals surface area contributed by atoms with Crippen molar-refractivity contribution < 1.29 is 13.9 Å². The Balaban J connectivity index is 1.42. The smallest absolute Gasteiger partial charge is 0.161 e. The summed E-state index contributed by atoms with van der Waals surface area (Å²) >= 11 is 0. The highest BCUT2D eigenvalue weighted by Gasteiger charge is 2.12. The van der Waals surface area contributed by atoms with Crippen LogP contribution in [-0.2, 0) is 13.2 Å². The van der Waals surface area contributed by atoms with Crippen molar-refractivity contribution in [2.45, 2.75) is 26.1 Å². The summed E-state index contributed by atoms with van der Waals surface area (Å²) in [7, 11) is 1.65. The van der Waals surface area contributed by atoms with E-state index in [0.717, 1.165) is 27.9 Å². The molecule has 5 heteroatoms. The van der Waals surface area contributed by atoms with E-state index in [-0.39, 0.29) is 6.04 Å². The number of hydrogen-bond donors (Lipinski definition) is 1. The molecule has 0 amide bonds. The molecule has 2 heterocycles. The van der Waals surface area contributed by atoms with Gasteiger partial charge in [-0.25, -0.2) is 0 Å². The third-order valence-corrected chi connectivity index (χ3v) is 4.83. The maximum atomic E-state index is 5.97. The number of furan rings is 1. The van der Waals surface area contributed by atoms with E-state index in [4.69, 9.17) is 13.9 Å². The van der Waals surface area contributed by atoms with Gasteiger partial charge in [-0.2, -0.15) is 0 Å². The molecule has 2 aromatic heterocycles. The van der Waals surface area contributed by atoms with Crippen LogP contribution in [0, 0.1) is 0 Å². The Morgan fingerprint density at radius 3 is 2.69 bits per heavy atom. The number of nitrogens with one attached hydrogen (secondary N) is 1. The first-order valence-electron chi connectivity index (χ1n) is 9.63. The van der Waals surface area contributed by atoms with E-state index in [2.05, 4.69) is 29.4 Å². The predicted octanol–water partition coefficient (Wildman–Crippen LogP) is 5.27. The van der Waals surface area contributed by atoms with E-state index in [1.165, 1.54) is 0 Å². The molecule has 148 valence electrons. The maximum Gasteiger partial charge on any atom is 0.161 e. The summed E-state index contributed by atoms with van der Waals surface area (Å²) in [6.45, 7) is 3.23. The normalized spacial score (nSPS) is 12.1. The van der Waals surface area contributed by atoms with Gasteiger partial charge < -0.3 is 19.2 Å². The van der Waals surface area contributed by atoms with E-state index in [0.29, 0.717) is 24.7 Å². The number of aromatic nitrogens is 1. The van der Waals surface area contributed by atoms with Crippen LogP contribution in [0.1, 0.15) is 29.9 Å². The Morgan fingerprint density at radius 1 is 1.00 bits per heavy atom. The number of nitrogens with zero attached hydrogens (tertiary/aromatic N) is 1. The fourth-order valence-electron chi connectivity index (χ4n) is 3.18. The Bertz CT molecular complexity index is 1040. The Morgan fingerprint density at radius 2 is 1.90 bits per heavy atom. The molecule has 4 rings (SSSR count). The molecule has 0 bridgehead atoms. The van der Waals surface area contributed by atoms with Gasteiger partial charge in [0.15, 0.2) is 11.5 Å². The lowest BCUT2D eigenvalue weighted by atomic mass is 10.1. The third-order valence-electron chi connectivity index (χ3n) is 4.83. The second kappa shape index (κ2) is 8.80. The molecular formula is C24H24N2O3. The molecule has 0 aliphatic heterocycles. The molecule has 4 aromatic rings.